The highest BCUT2D eigenvalue weighted by molar-refractivity contribution is 5.19. The van der Waals surface area contributed by atoms with Crippen LogP contribution in [0.3, 0.4) is 0 Å². The molecule has 0 aliphatic heterocycles. The summed E-state index contributed by atoms with van der Waals surface area (Å²) in [5, 5.41) is 0. The van der Waals surface area contributed by atoms with E-state index in [1.54, 1.807) is 0 Å². The van der Waals surface area contributed by atoms with E-state index < -0.39 is 0 Å². The SMILES string of the molecule is CCCCCc1nc([C@H]2CC[C@H](C3CCCCC3)CC2)ncc1CCC. The molecule has 2 fully saturated rings. The molecule has 146 valence electrons. The standard InChI is InChI=1S/C24H40N2/c1-3-5-7-13-23-22(10-4-2)18-25-24(26-23)21-16-14-20(15-17-21)19-11-8-6-9-12-19/h18-21H,3-17H2,1-2H3/t20-,21-. The molecule has 0 saturated heterocycles. The third-order valence-corrected chi connectivity index (χ3v) is 6.96. The predicted octanol–water partition coefficient (Wildman–Crippen LogP) is 7.02. The van der Waals surface area contributed by atoms with Crippen molar-refractivity contribution < 1.29 is 0 Å². The lowest BCUT2D eigenvalue weighted by molar-refractivity contribution is 0.184. The third-order valence-electron chi connectivity index (χ3n) is 6.96. The molecule has 1 aromatic heterocycles. The molecule has 0 unspecified atom stereocenters. The lowest BCUT2D eigenvalue weighted by Crippen LogP contribution is -2.24. The first-order valence-corrected chi connectivity index (χ1v) is 11.7. The van der Waals surface area contributed by atoms with Crippen LogP contribution in [-0.2, 0) is 12.8 Å². The molecule has 0 radical (unpaired) electrons. The lowest BCUT2D eigenvalue weighted by Gasteiger charge is -2.35. The molecule has 2 aliphatic rings. The van der Waals surface area contributed by atoms with E-state index in [9.17, 15) is 0 Å². The van der Waals surface area contributed by atoms with Gasteiger partial charge < -0.3 is 0 Å². The molecule has 3 rings (SSSR count). The number of rotatable bonds is 8. The lowest BCUT2D eigenvalue weighted by atomic mass is 9.71. The molecule has 0 amide bonds. The quantitative estimate of drug-likeness (QED) is 0.468. The van der Waals surface area contributed by atoms with Crippen LogP contribution in [0.25, 0.3) is 0 Å². The zero-order chi connectivity index (χ0) is 18.2. The Morgan fingerprint density at radius 1 is 0.808 bits per heavy atom. The average Bonchev–Trinajstić information content (AvgIpc) is 2.70. The second kappa shape index (κ2) is 10.4. The van der Waals surface area contributed by atoms with Crippen LogP contribution in [0.5, 0.6) is 0 Å². The molecule has 1 aromatic rings. The minimum Gasteiger partial charge on any atom is -0.241 e. The number of unbranched alkanes of at least 4 members (excludes halogenated alkanes) is 2. The van der Waals surface area contributed by atoms with Gasteiger partial charge >= 0.3 is 0 Å². The van der Waals surface area contributed by atoms with Crippen molar-refractivity contribution in [1.29, 1.82) is 0 Å². The van der Waals surface area contributed by atoms with Gasteiger partial charge in [-0.05, 0) is 62.3 Å². The van der Waals surface area contributed by atoms with Gasteiger partial charge in [0.05, 0.1) is 0 Å². The minimum absolute atomic E-state index is 0.621. The summed E-state index contributed by atoms with van der Waals surface area (Å²) in [6.07, 6.45) is 22.4. The maximum absolute atomic E-state index is 5.11. The number of aromatic nitrogens is 2. The Hall–Kier alpha value is -0.920. The van der Waals surface area contributed by atoms with E-state index in [2.05, 4.69) is 20.0 Å². The Bertz CT molecular complexity index is 525. The monoisotopic (exact) mass is 356 g/mol. The summed E-state index contributed by atoms with van der Waals surface area (Å²) in [5.74, 6) is 3.81. The van der Waals surface area contributed by atoms with Gasteiger partial charge in [-0.15, -0.1) is 0 Å². The Labute approximate surface area is 161 Å². The van der Waals surface area contributed by atoms with E-state index in [4.69, 9.17) is 9.97 Å². The summed E-state index contributed by atoms with van der Waals surface area (Å²) < 4.78 is 0. The number of hydrogen-bond donors (Lipinski definition) is 0. The molecule has 26 heavy (non-hydrogen) atoms. The summed E-state index contributed by atoms with van der Waals surface area (Å²) in [4.78, 5) is 9.95. The maximum atomic E-state index is 5.11. The molecule has 0 spiro atoms. The molecule has 1 heterocycles. The smallest absolute Gasteiger partial charge is 0.131 e. The van der Waals surface area contributed by atoms with Crippen LogP contribution in [0, 0.1) is 11.8 Å². The second-order valence-electron chi connectivity index (χ2n) is 8.92. The molecule has 0 N–H and O–H groups in total. The van der Waals surface area contributed by atoms with Gasteiger partial charge in [-0.25, -0.2) is 9.97 Å². The first-order valence-electron chi connectivity index (χ1n) is 11.7. The van der Waals surface area contributed by atoms with Crippen molar-refractivity contribution >= 4 is 0 Å². The van der Waals surface area contributed by atoms with Crippen molar-refractivity contribution in [3.05, 3.63) is 23.3 Å². The van der Waals surface area contributed by atoms with Gasteiger partial charge in [0.1, 0.15) is 5.82 Å². The predicted molar refractivity (Wildman–Crippen MR) is 111 cm³/mol. The molecular formula is C24H40N2. The molecule has 0 bridgehead atoms. The summed E-state index contributed by atoms with van der Waals surface area (Å²) >= 11 is 0. The summed E-state index contributed by atoms with van der Waals surface area (Å²) in [6.45, 7) is 4.54. The van der Waals surface area contributed by atoms with Crippen LogP contribution < -0.4 is 0 Å². The topological polar surface area (TPSA) is 25.8 Å². The summed E-state index contributed by atoms with van der Waals surface area (Å²) in [5.41, 5.74) is 2.77. The Morgan fingerprint density at radius 2 is 1.54 bits per heavy atom. The highest BCUT2D eigenvalue weighted by atomic mass is 14.9. The fraction of sp³-hybridized carbons (Fsp3) is 0.833. The average molecular weight is 357 g/mol. The molecule has 0 atom stereocenters. The van der Waals surface area contributed by atoms with Crippen molar-refractivity contribution in [2.75, 3.05) is 0 Å². The van der Waals surface area contributed by atoms with Crippen LogP contribution in [0.4, 0.5) is 0 Å². The van der Waals surface area contributed by atoms with Crippen molar-refractivity contribution in [3.8, 4) is 0 Å². The number of aryl methyl sites for hydroxylation is 2. The van der Waals surface area contributed by atoms with Gasteiger partial charge in [-0.1, -0.05) is 65.2 Å². The number of hydrogen-bond acceptors (Lipinski definition) is 2. The van der Waals surface area contributed by atoms with Gasteiger partial charge in [0.15, 0.2) is 0 Å². The van der Waals surface area contributed by atoms with Crippen LogP contribution in [0.2, 0.25) is 0 Å². The maximum Gasteiger partial charge on any atom is 0.131 e. The fourth-order valence-corrected chi connectivity index (χ4v) is 5.35. The second-order valence-corrected chi connectivity index (χ2v) is 8.92. The molecular weight excluding hydrogens is 316 g/mol. The van der Waals surface area contributed by atoms with E-state index >= 15 is 0 Å². The van der Waals surface area contributed by atoms with Gasteiger partial charge in [0.2, 0.25) is 0 Å². The van der Waals surface area contributed by atoms with Crippen molar-refractivity contribution in [3.63, 3.8) is 0 Å². The first kappa shape index (κ1) is 19.8. The van der Waals surface area contributed by atoms with Gasteiger partial charge in [0, 0.05) is 17.8 Å². The largest absolute Gasteiger partial charge is 0.241 e. The van der Waals surface area contributed by atoms with E-state index in [0.29, 0.717) is 5.92 Å². The normalized spacial score (nSPS) is 24.7. The molecule has 2 saturated carbocycles. The molecule has 2 nitrogen and oxygen atoms in total. The van der Waals surface area contributed by atoms with Crippen LogP contribution in [0.15, 0.2) is 6.20 Å². The molecule has 2 aliphatic carbocycles. The Balaban J connectivity index is 1.60. The van der Waals surface area contributed by atoms with Crippen LogP contribution in [-0.4, -0.2) is 9.97 Å². The third kappa shape index (κ3) is 5.30. The zero-order valence-corrected chi connectivity index (χ0v) is 17.3. The first-order chi connectivity index (χ1) is 12.8. The summed E-state index contributed by atoms with van der Waals surface area (Å²) in [6, 6.07) is 0. The Kier molecular flexibility index (Phi) is 7.95. The number of nitrogens with zero attached hydrogens (tertiary/aromatic N) is 2. The highest BCUT2D eigenvalue weighted by Crippen LogP contribution is 2.42. The van der Waals surface area contributed by atoms with Crippen molar-refractivity contribution in [2.24, 2.45) is 11.8 Å². The van der Waals surface area contributed by atoms with Crippen LogP contribution >= 0.6 is 0 Å². The van der Waals surface area contributed by atoms with E-state index in [1.807, 2.05) is 0 Å². The van der Waals surface area contributed by atoms with Gasteiger partial charge in [-0.2, -0.15) is 0 Å². The Morgan fingerprint density at radius 3 is 2.23 bits per heavy atom. The van der Waals surface area contributed by atoms with Gasteiger partial charge in [0.25, 0.3) is 0 Å². The summed E-state index contributed by atoms with van der Waals surface area (Å²) in [7, 11) is 0. The highest BCUT2D eigenvalue weighted by Gasteiger charge is 2.30. The van der Waals surface area contributed by atoms with Crippen molar-refractivity contribution in [2.45, 2.75) is 116 Å². The molecule has 0 aromatic carbocycles. The fourth-order valence-electron chi connectivity index (χ4n) is 5.35. The minimum atomic E-state index is 0.621. The van der Waals surface area contributed by atoms with Gasteiger partial charge in [-0.3, -0.25) is 0 Å². The van der Waals surface area contributed by atoms with E-state index in [1.165, 1.54) is 101 Å². The van der Waals surface area contributed by atoms with E-state index in [-0.39, 0.29) is 0 Å². The molecule has 2 heteroatoms. The van der Waals surface area contributed by atoms with Crippen LogP contribution in [0.1, 0.15) is 120 Å². The van der Waals surface area contributed by atoms with E-state index in [0.717, 1.165) is 24.7 Å². The zero-order valence-electron chi connectivity index (χ0n) is 17.3. The van der Waals surface area contributed by atoms with Crippen molar-refractivity contribution in [1.82, 2.24) is 9.97 Å².